The van der Waals surface area contributed by atoms with Crippen LogP contribution < -0.4 is 11.3 Å². The summed E-state index contributed by atoms with van der Waals surface area (Å²) >= 11 is 0. The summed E-state index contributed by atoms with van der Waals surface area (Å²) in [5.74, 6) is 3.69. The highest BCUT2D eigenvalue weighted by Gasteiger charge is 2.09. The molecule has 0 spiro atoms. The molecule has 0 unspecified atom stereocenters. The van der Waals surface area contributed by atoms with Crippen LogP contribution in [0.15, 0.2) is 30.6 Å². The van der Waals surface area contributed by atoms with Crippen molar-refractivity contribution in [2.45, 2.75) is 0 Å². The van der Waals surface area contributed by atoms with Crippen molar-refractivity contribution in [3.63, 3.8) is 0 Å². The Morgan fingerprint density at radius 2 is 1.81 bits per heavy atom. The molecule has 0 saturated heterocycles. The van der Waals surface area contributed by atoms with E-state index in [1.54, 1.807) is 0 Å². The number of hydrogen-bond donors (Lipinski definition) is 2. The largest absolute Gasteiger partial charge is 0.307 e. The predicted octanol–water partition coefficient (Wildman–Crippen LogP) is 1.71. The molecular weight excluding hydrogens is 214 g/mol. The summed E-state index contributed by atoms with van der Waals surface area (Å²) in [5.41, 5.74) is 3.11. The zero-order valence-corrected chi connectivity index (χ0v) is 8.11. The second-order valence-corrected chi connectivity index (χ2v) is 3.03. The number of nitrogen functional groups attached to an aromatic ring is 1. The van der Waals surface area contributed by atoms with Crippen LogP contribution in [0.4, 0.5) is 14.6 Å². The lowest BCUT2D eigenvalue weighted by atomic mass is 10.1. The molecule has 1 aromatic heterocycles. The Bertz CT molecular complexity index is 516. The van der Waals surface area contributed by atoms with Crippen LogP contribution >= 0.6 is 0 Å². The van der Waals surface area contributed by atoms with Gasteiger partial charge in [-0.15, -0.1) is 0 Å². The summed E-state index contributed by atoms with van der Waals surface area (Å²) in [6.45, 7) is 0. The third-order valence-corrected chi connectivity index (χ3v) is 2.03. The van der Waals surface area contributed by atoms with Gasteiger partial charge in [0.2, 0.25) is 0 Å². The van der Waals surface area contributed by atoms with Crippen LogP contribution in [-0.4, -0.2) is 9.97 Å². The van der Waals surface area contributed by atoms with E-state index in [4.69, 9.17) is 5.84 Å². The number of nitrogens with one attached hydrogen (secondary N) is 1. The van der Waals surface area contributed by atoms with Crippen molar-refractivity contribution in [2.75, 3.05) is 5.43 Å². The second kappa shape index (κ2) is 4.19. The highest BCUT2D eigenvalue weighted by molar-refractivity contribution is 5.70. The van der Waals surface area contributed by atoms with E-state index in [-0.39, 0.29) is 0 Å². The highest BCUT2D eigenvalue weighted by atomic mass is 19.2. The van der Waals surface area contributed by atoms with Gasteiger partial charge >= 0.3 is 0 Å². The van der Waals surface area contributed by atoms with Gasteiger partial charge in [-0.2, -0.15) is 0 Å². The first-order valence-corrected chi connectivity index (χ1v) is 4.45. The van der Waals surface area contributed by atoms with Crippen molar-refractivity contribution >= 4 is 5.82 Å². The Kier molecular flexibility index (Phi) is 2.74. The summed E-state index contributed by atoms with van der Waals surface area (Å²) in [5, 5.41) is 0. The van der Waals surface area contributed by atoms with Gasteiger partial charge in [0.05, 0.1) is 0 Å². The predicted molar refractivity (Wildman–Crippen MR) is 55.2 cm³/mol. The van der Waals surface area contributed by atoms with Crippen LogP contribution in [0.3, 0.4) is 0 Å². The van der Waals surface area contributed by atoms with Gasteiger partial charge in [0, 0.05) is 18.0 Å². The van der Waals surface area contributed by atoms with Crippen molar-refractivity contribution in [1.29, 1.82) is 0 Å². The molecule has 0 fully saturated rings. The minimum Gasteiger partial charge on any atom is -0.307 e. The number of nitrogens with two attached hydrogens (primary N) is 1. The van der Waals surface area contributed by atoms with Gasteiger partial charge in [-0.25, -0.2) is 19.6 Å². The average molecular weight is 222 g/mol. The molecule has 2 aromatic rings. The Morgan fingerprint density at radius 3 is 2.50 bits per heavy atom. The molecule has 0 amide bonds. The second-order valence-electron chi connectivity index (χ2n) is 3.03. The molecule has 16 heavy (non-hydrogen) atoms. The minimum absolute atomic E-state index is 0.300. The standard InChI is InChI=1S/C10H8F2N4/c11-7-2-1-6(5-8(7)12)9-10(16-13)15-4-3-14-9/h1-5H,13H2,(H,15,16). The molecule has 0 aliphatic rings. The van der Waals surface area contributed by atoms with Crippen LogP contribution in [-0.2, 0) is 0 Å². The topological polar surface area (TPSA) is 63.8 Å². The van der Waals surface area contributed by atoms with E-state index in [0.29, 0.717) is 17.1 Å². The molecule has 1 heterocycles. The molecule has 0 aliphatic heterocycles. The molecule has 0 aliphatic carbocycles. The molecule has 0 saturated carbocycles. The maximum Gasteiger partial charge on any atom is 0.166 e. The molecular formula is C10H8F2N4. The van der Waals surface area contributed by atoms with Crippen molar-refractivity contribution in [1.82, 2.24) is 9.97 Å². The smallest absolute Gasteiger partial charge is 0.166 e. The SMILES string of the molecule is NNc1nccnc1-c1ccc(F)c(F)c1. The third kappa shape index (κ3) is 1.82. The molecule has 0 radical (unpaired) electrons. The van der Waals surface area contributed by atoms with Crippen LogP contribution in [0.2, 0.25) is 0 Å². The molecule has 3 N–H and O–H groups in total. The van der Waals surface area contributed by atoms with Crippen molar-refractivity contribution in [3.05, 3.63) is 42.2 Å². The molecule has 6 heteroatoms. The summed E-state index contributed by atoms with van der Waals surface area (Å²) < 4.78 is 25.8. The maximum absolute atomic E-state index is 13.0. The number of nitrogens with zero attached hydrogens (tertiary/aromatic N) is 2. The maximum atomic E-state index is 13.0. The van der Waals surface area contributed by atoms with Crippen LogP contribution in [0.25, 0.3) is 11.3 Å². The fraction of sp³-hybridized carbons (Fsp3) is 0. The van der Waals surface area contributed by atoms with Gasteiger partial charge in [0.25, 0.3) is 0 Å². The van der Waals surface area contributed by atoms with E-state index in [9.17, 15) is 8.78 Å². The summed E-state index contributed by atoms with van der Waals surface area (Å²) in [6, 6.07) is 3.48. The fourth-order valence-electron chi connectivity index (χ4n) is 1.30. The van der Waals surface area contributed by atoms with E-state index in [1.165, 1.54) is 18.5 Å². The summed E-state index contributed by atoms with van der Waals surface area (Å²) in [6.07, 6.45) is 2.88. The number of benzene rings is 1. The first-order valence-electron chi connectivity index (χ1n) is 4.45. The van der Waals surface area contributed by atoms with Gasteiger partial charge in [-0.1, -0.05) is 0 Å². The number of aromatic nitrogens is 2. The van der Waals surface area contributed by atoms with Crippen LogP contribution in [0, 0.1) is 11.6 Å². The van der Waals surface area contributed by atoms with Crippen LogP contribution in [0.5, 0.6) is 0 Å². The fourth-order valence-corrected chi connectivity index (χ4v) is 1.30. The van der Waals surface area contributed by atoms with Crippen LogP contribution in [0.1, 0.15) is 0 Å². The number of hydrazine groups is 1. The number of hydrogen-bond acceptors (Lipinski definition) is 4. The number of rotatable bonds is 2. The Hall–Kier alpha value is -2.08. The first-order chi connectivity index (χ1) is 7.72. The minimum atomic E-state index is -0.939. The lowest BCUT2D eigenvalue weighted by molar-refractivity contribution is 0.509. The van der Waals surface area contributed by atoms with Gasteiger partial charge < -0.3 is 5.43 Å². The number of halogens is 2. The van der Waals surface area contributed by atoms with E-state index < -0.39 is 11.6 Å². The lowest BCUT2D eigenvalue weighted by Crippen LogP contribution is -2.10. The van der Waals surface area contributed by atoms with Gasteiger partial charge in [0.1, 0.15) is 5.69 Å². The van der Waals surface area contributed by atoms with E-state index >= 15 is 0 Å². The Morgan fingerprint density at radius 1 is 1.06 bits per heavy atom. The van der Waals surface area contributed by atoms with Crippen molar-refractivity contribution in [3.8, 4) is 11.3 Å². The molecule has 82 valence electrons. The monoisotopic (exact) mass is 222 g/mol. The lowest BCUT2D eigenvalue weighted by Gasteiger charge is -2.06. The molecule has 4 nitrogen and oxygen atoms in total. The Labute approximate surface area is 90.1 Å². The molecule has 0 bridgehead atoms. The summed E-state index contributed by atoms with van der Waals surface area (Å²) in [4.78, 5) is 7.91. The van der Waals surface area contributed by atoms with E-state index in [1.807, 2.05) is 0 Å². The number of anilines is 1. The van der Waals surface area contributed by atoms with E-state index in [0.717, 1.165) is 12.1 Å². The average Bonchev–Trinajstić information content (AvgIpc) is 2.32. The van der Waals surface area contributed by atoms with E-state index in [2.05, 4.69) is 15.4 Å². The zero-order chi connectivity index (χ0) is 11.5. The Balaban J connectivity index is 2.54. The molecule has 2 rings (SSSR count). The quantitative estimate of drug-likeness (QED) is 0.599. The summed E-state index contributed by atoms with van der Waals surface area (Å²) in [7, 11) is 0. The molecule has 1 aromatic carbocycles. The van der Waals surface area contributed by atoms with Crippen molar-refractivity contribution < 1.29 is 8.78 Å². The normalized spacial score (nSPS) is 10.2. The third-order valence-electron chi connectivity index (χ3n) is 2.03. The molecule has 0 atom stereocenters. The zero-order valence-electron chi connectivity index (χ0n) is 8.11. The van der Waals surface area contributed by atoms with Gasteiger partial charge in [-0.05, 0) is 18.2 Å². The van der Waals surface area contributed by atoms with Crippen molar-refractivity contribution in [2.24, 2.45) is 5.84 Å². The first kappa shape index (κ1) is 10.4. The highest BCUT2D eigenvalue weighted by Crippen LogP contribution is 2.24. The van der Waals surface area contributed by atoms with Gasteiger partial charge in [-0.3, -0.25) is 4.98 Å². The van der Waals surface area contributed by atoms with Gasteiger partial charge in [0.15, 0.2) is 17.5 Å².